The summed E-state index contributed by atoms with van der Waals surface area (Å²) < 4.78 is 29.2. The Morgan fingerprint density at radius 1 is 1.29 bits per heavy atom. The molecular weight excluding hydrogens is 350 g/mol. The number of amides is 1. The lowest BCUT2D eigenvalue weighted by Crippen LogP contribution is -2.40. The average molecular weight is 368 g/mol. The Kier molecular flexibility index (Phi) is 4.69. The van der Waals surface area contributed by atoms with Gasteiger partial charge in [-0.15, -0.1) is 0 Å². The Balaban J connectivity index is 1.92. The maximum absolute atomic E-state index is 13.0. The third-order valence-electron chi connectivity index (χ3n) is 4.14. The summed E-state index contributed by atoms with van der Waals surface area (Å²) in [4.78, 5) is 14.5. The van der Waals surface area contributed by atoms with E-state index in [1.165, 1.54) is 0 Å². The Morgan fingerprint density at radius 2 is 2.04 bits per heavy atom. The van der Waals surface area contributed by atoms with Crippen LogP contribution in [0.5, 0.6) is 0 Å². The van der Waals surface area contributed by atoms with Gasteiger partial charge in [0, 0.05) is 6.04 Å². The van der Waals surface area contributed by atoms with E-state index in [9.17, 15) is 13.2 Å². The zero-order valence-electron chi connectivity index (χ0n) is 13.2. The smallest absolute Gasteiger partial charge is 0.256 e. The van der Waals surface area contributed by atoms with Crippen molar-refractivity contribution in [1.29, 1.82) is 0 Å². The molecule has 1 fully saturated rings. The van der Waals surface area contributed by atoms with E-state index in [0.29, 0.717) is 22.8 Å². The van der Waals surface area contributed by atoms with Crippen LogP contribution in [0.25, 0.3) is 0 Å². The highest BCUT2D eigenvalue weighted by atomic mass is 35.5. The standard InChI is InChI=1S/C17H18ClNO4S/c1-12-6-7-14(23-12)10-19(13-8-9-24(21,22)11-13)17(20)15-4-2-3-5-16(15)18/h2-7,13H,8-11H2,1H3. The zero-order chi connectivity index (χ0) is 17.3. The summed E-state index contributed by atoms with van der Waals surface area (Å²) in [6, 6.07) is 10.0. The molecule has 0 spiro atoms. The van der Waals surface area contributed by atoms with Gasteiger partial charge < -0.3 is 9.32 Å². The molecule has 128 valence electrons. The van der Waals surface area contributed by atoms with Crippen molar-refractivity contribution < 1.29 is 17.6 Å². The molecule has 1 aromatic carbocycles. The lowest BCUT2D eigenvalue weighted by atomic mass is 10.1. The lowest BCUT2D eigenvalue weighted by Gasteiger charge is -2.28. The van der Waals surface area contributed by atoms with Gasteiger partial charge in [0.2, 0.25) is 0 Å². The van der Waals surface area contributed by atoms with Crippen LogP contribution < -0.4 is 0 Å². The first-order chi connectivity index (χ1) is 11.4. The largest absolute Gasteiger partial charge is 0.464 e. The lowest BCUT2D eigenvalue weighted by molar-refractivity contribution is 0.0665. The van der Waals surface area contributed by atoms with E-state index in [4.69, 9.17) is 16.0 Å². The second kappa shape index (κ2) is 6.61. The van der Waals surface area contributed by atoms with Gasteiger partial charge in [0.15, 0.2) is 9.84 Å². The fourth-order valence-electron chi connectivity index (χ4n) is 2.92. The summed E-state index contributed by atoms with van der Waals surface area (Å²) in [5.41, 5.74) is 0.367. The number of carbonyl (C=O) groups is 1. The van der Waals surface area contributed by atoms with E-state index in [2.05, 4.69) is 0 Å². The quantitative estimate of drug-likeness (QED) is 0.832. The van der Waals surface area contributed by atoms with Crippen molar-refractivity contribution in [2.75, 3.05) is 11.5 Å². The minimum atomic E-state index is -3.11. The molecule has 1 aromatic heterocycles. The average Bonchev–Trinajstić information content (AvgIpc) is 3.10. The number of halogens is 1. The number of carbonyl (C=O) groups excluding carboxylic acids is 1. The number of furan rings is 1. The van der Waals surface area contributed by atoms with Gasteiger partial charge in [0.25, 0.3) is 5.91 Å². The summed E-state index contributed by atoms with van der Waals surface area (Å²) in [5, 5.41) is 0.351. The van der Waals surface area contributed by atoms with Crippen molar-refractivity contribution in [2.45, 2.75) is 25.9 Å². The Bertz CT molecular complexity index is 859. The monoisotopic (exact) mass is 367 g/mol. The van der Waals surface area contributed by atoms with Crippen LogP contribution in [0.3, 0.4) is 0 Å². The molecule has 1 unspecified atom stereocenters. The van der Waals surface area contributed by atoms with E-state index in [1.807, 2.05) is 13.0 Å². The minimum absolute atomic E-state index is 0.0249. The van der Waals surface area contributed by atoms with Gasteiger partial charge in [-0.05, 0) is 37.6 Å². The van der Waals surface area contributed by atoms with Crippen molar-refractivity contribution in [3.05, 3.63) is 58.5 Å². The van der Waals surface area contributed by atoms with E-state index in [0.717, 1.165) is 5.76 Å². The van der Waals surface area contributed by atoms with Gasteiger partial charge in [-0.1, -0.05) is 23.7 Å². The normalized spacial score (nSPS) is 19.3. The first-order valence-electron chi connectivity index (χ1n) is 7.67. The molecule has 2 heterocycles. The van der Waals surface area contributed by atoms with Crippen molar-refractivity contribution >= 4 is 27.3 Å². The summed E-state index contributed by atoms with van der Waals surface area (Å²) in [6.45, 7) is 2.04. The van der Waals surface area contributed by atoms with E-state index in [1.54, 1.807) is 35.2 Å². The van der Waals surface area contributed by atoms with Crippen LogP contribution in [0.4, 0.5) is 0 Å². The van der Waals surface area contributed by atoms with Gasteiger partial charge in [0.1, 0.15) is 11.5 Å². The van der Waals surface area contributed by atoms with Crippen LogP contribution in [-0.2, 0) is 16.4 Å². The molecule has 1 amide bonds. The molecule has 0 N–H and O–H groups in total. The first kappa shape index (κ1) is 17.0. The second-order valence-corrected chi connectivity index (χ2v) is 8.62. The summed E-state index contributed by atoms with van der Waals surface area (Å²) >= 11 is 6.14. The molecule has 0 saturated carbocycles. The third kappa shape index (κ3) is 3.65. The second-order valence-electron chi connectivity index (χ2n) is 5.98. The van der Waals surface area contributed by atoms with Crippen LogP contribution >= 0.6 is 11.6 Å². The van der Waals surface area contributed by atoms with E-state index < -0.39 is 9.84 Å². The number of aryl methyl sites for hydroxylation is 1. The van der Waals surface area contributed by atoms with Crippen molar-refractivity contribution in [3.63, 3.8) is 0 Å². The SMILES string of the molecule is Cc1ccc(CN(C(=O)c2ccccc2Cl)C2CCS(=O)(=O)C2)o1. The van der Waals surface area contributed by atoms with Crippen LogP contribution in [0.15, 0.2) is 40.8 Å². The molecule has 0 bridgehead atoms. The molecule has 1 aliphatic heterocycles. The van der Waals surface area contributed by atoms with Crippen molar-refractivity contribution in [1.82, 2.24) is 4.90 Å². The molecule has 0 radical (unpaired) electrons. The molecular formula is C17H18ClNO4S. The maximum Gasteiger partial charge on any atom is 0.256 e. The molecule has 0 aliphatic carbocycles. The fourth-order valence-corrected chi connectivity index (χ4v) is 4.86. The number of sulfone groups is 1. The Morgan fingerprint density at radius 3 is 2.62 bits per heavy atom. The van der Waals surface area contributed by atoms with Gasteiger partial charge in [0.05, 0.1) is 28.6 Å². The molecule has 7 heteroatoms. The van der Waals surface area contributed by atoms with Gasteiger partial charge >= 0.3 is 0 Å². The summed E-state index contributed by atoms with van der Waals surface area (Å²) in [6.07, 6.45) is 0.429. The molecule has 1 aliphatic rings. The topological polar surface area (TPSA) is 67.6 Å². The Labute approximate surface area is 146 Å². The van der Waals surface area contributed by atoms with Crippen LogP contribution in [-0.4, -0.2) is 36.8 Å². The maximum atomic E-state index is 13.0. The van der Waals surface area contributed by atoms with Crippen LogP contribution in [0.1, 0.15) is 28.3 Å². The van der Waals surface area contributed by atoms with E-state index in [-0.39, 0.29) is 30.0 Å². The highest BCUT2D eigenvalue weighted by molar-refractivity contribution is 7.91. The van der Waals surface area contributed by atoms with E-state index >= 15 is 0 Å². The number of hydrogen-bond donors (Lipinski definition) is 0. The number of rotatable bonds is 4. The number of nitrogens with zero attached hydrogens (tertiary/aromatic N) is 1. The zero-order valence-corrected chi connectivity index (χ0v) is 14.8. The van der Waals surface area contributed by atoms with Crippen LogP contribution in [0, 0.1) is 6.92 Å². The van der Waals surface area contributed by atoms with Crippen LogP contribution in [0.2, 0.25) is 5.02 Å². The van der Waals surface area contributed by atoms with Crippen molar-refractivity contribution in [2.24, 2.45) is 0 Å². The molecule has 5 nitrogen and oxygen atoms in total. The highest BCUT2D eigenvalue weighted by Gasteiger charge is 2.35. The predicted molar refractivity (Wildman–Crippen MR) is 91.8 cm³/mol. The predicted octanol–water partition coefficient (Wildman–Crippen LogP) is 3.07. The van der Waals surface area contributed by atoms with Gasteiger partial charge in [-0.3, -0.25) is 4.79 Å². The Hall–Kier alpha value is -1.79. The minimum Gasteiger partial charge on any atom is -0.464 e. The molecule has 2 aromatic rings. The highest BCUT2D eigenvalue weighted by Crippen LogP contribution is 2.25. The third-order valence-corrected chi connectivity index (χ3v) is 6.22. The van der Waals surface area contributed by atoms with Crippen molar-refractivity contribution in [3.8, 4) is 0 Å². The number of benzene rings is 1. The van der Waals surface area contributed by atoms with Gasteiger partial charge in [-0.2, -0.15) is 0 Å². The fraction of sp³-hybridized carbons (Fsp3) is 0.353. The summed E-state index contributed by atoms with van der Waals surface area (Å²) in [5.74, 6) is 1.16. The summed E-state index contributed by atoms with van der Waals surface area (Å²) in [7, 11) is -3.11. The first-order valence-corrected chi connectivity index (χ1v) is 9.87. The molecule has 1 atom stereocenters. The molecule has 3 rings (SSSR count). The molecule has 1 saturated heterocycles. The van der Waals surface area contributed by atoms with Gasteiger partial charge in [-0.25, -0.2) is 8.42 Å². The number of hydrogen-bond acceptors (Lipinski definition) is 4. The molecule has 24 heavy (non-hydrogen) atoms.